The molecule has 0 spiro atoms. The van der Waals surface area contributed by atoms with E-state index in [0.29, 0.717) is 12.0 Å². The van der Waals surface area contributed by atoms with E-state index >= 15 is 0 Å². The molecular formula is C22H21FN2O. The van der Waals surface area contributed by atoms with Crippen LogP contribution in [0.4, 0.5) is 4.39 Å². The van der Waals surface area contributed by atoms with Gasteiger partial charge in [0.05, 0.1) is 11.6 Å². The Kier molecular flexibility index (Phi) is 4.46. The van der Waals surface area contributed by atoms with Crippen molar-refractivity contribution < 1.29 is 9.18 Å². The van der Waals surface area contributed by atoms with E-state index in [9.17, 15) is 9.18 Å². The second-order valence-corrected chi connectivity index (χ2v) is 7.17. The first-order valence-corrected chi connectivity index (χ1v) is 9.14. The molecule has 132 valence electrons. The number of rotatable bonds is 1. The fraction of sp³-hybridized carbons (Fsp3) is 0.364. The number of likely N-dealkylation sites (N-methyl/N-ethyl adjacent to an activating group) is 1. The van der Waals surface area contributed by atoms with Gasteiger partial charge in [-0.3, -0.25) is 9.78 Å². The normalized spacial score (nSPS) is 24.8. The fourth-order valence-electron chi connectivity index (χ4n) is 4.26. The number of halogens is 1. The smallest absolute Gasteiger partial charge is 0.232 e. The van der Waals surface area contributed by atoms with Gasteiger partial charge in [-0.05, 0) is 55.2 Å². The molecule has 0 N–H and O–H groups in total. The van der Waals surface area contributed by atoms with Gasteiger partial charge in [-0.1, -0.05) is 24.7 Å². The number of hydrogen-bond donors (Lipinski definition) is 0. The number of carbonyl (C=O) groups excluding carboxylic acids is 1. The maximum Gasteiger partial charge on any atom is 0.232 e. The highest BCUT2D eigenvalue weighted by Crippen LogP contribution is 2.44. The summed E-state index contributed by atoms with van der Waals surface area (Å²) in [6.45, 7) is 0. The lowest BCUT2D eigenvalue weighted by Crippen LogP contribution is -2.33. The van der Waals surface area contributed by atoms with Crippen LogP contribution >= 0.6 is 0 Å². The van der Waals surface area contributed by atoms with Gasteiger partial charge in [0.1, 0.15) is 5.82 Å². The summed E-state index contributed by atoms with van der Waals surface area (Å²) in [6, 6.07) is 10.3. The molecule has 2 aliphatic rings. The van der Waals surface area contributed by atoms with E-state index in [1.165, 1.54) is 25.0 Å². The minimum atomic E-state index is -0.270. The molecule has 3 nitrogen and oxygen atoms in total. The first-order chi connectivity index (χ1) is 12.6. The molecule has 26 heavy (non-hydrogen) atoms. The molecule has 2 fully saturated rings. The van der Waals surface area contributed by atoms with Gasteiger partial charge in [-0.2, -0.15) is 0 Å². The molecule has 0 radical (unpaired) electrons. The van der Waals surface area contributed by atoms with Gasteiger partial charge in [0.15, 0.2) is 0 Å². The van der Waals surface area contributed by atoms with E-state index < -0.39 is 0 Å². The van der Waals surface area contributed by atoms with Gasteiger partial charge in [0, 0.05) is 30.4 Å². The Hall–Kier alpha value is -2.67. The molecule has 0 bridgehead atoms. The molecule has 4 heteroatoms. The summed E-state index contributed by atoms with van der Waals surface area (Å²) in [5, 5.41) is 0. The van der Waals surface area contributed by atoms with E-state index in [2.05, 4.69) is 16.8 Å². The van der Waals surface area contributed by atoms with Crippen molar-refractivity contribution in [3.63, 3.8) is 0 Å². The van der Waals surface area contributed by atoms with Crippen molar-refractivity contribution in [1.82, 2.24) is 9.88 Å². The lowest BCUT2D eigenvalue weighted by atomic mass is 9.78. The third kappa shape index (κ3) is 3.10. The third-order valence-electron chi connectivity index (χ3n) is 5.62. The topological polar surface area (TPSA) is 33.2 Å². The summed E-state index contributed by atoms with van der Waals surface area (Å²) in [5.74, 6) is 6.23. The Balaban J connectivity index is 1.54. The summed E-state index contributed by atoms with van der Waals surface area (Å²) >= 11 is 0. The van der Waals surface area contributed by atoms with Crippen LogP contribution in [0.2, 0.25) is 0 Å². The maximum atomic E-state index is 12.9. The highest BCUT2D eigenvalue weighted by atomic mass is 19.1. The molecule has 1 saturated heterocycles. The summed E-state index contributed by atoms with van der Waals surface area (Å²) in [7, 11) is 1.92. The number of benzene rings is 1. The molecule has 3 atom stereocenters. The van der Waals surface area contributed by atoms with Gasteiger partial charge in [-0.25, -0.2) is 4.39 Å². The zero-order chi connectivity index (χ0) is 18.1. The predicted octanol–water partition coefficient (Wildman–Crippen LogP) is 3.73. The van der Waals surface area contributed by atoms with Gasteiger partial charge in [-0.15, -0.1) is 0 Å². The highest BCUT2D eigenvalue weighted by molar-refractivity contribution is 5.86. The van der Waals surface area contributed by atoms with Crippen molar-refractivity contribution in [3.8, 4) is 11.8 Å². The molecule has 1 aliphatic carbocycles. The van der Waals surface area contributed by atoms with Crippen LogP contribution in [-0.2, 0) is 4.79 Å². The third-order valence-corrected chi connectivity index (χ3v) is 5.62. The molecule has 1 saturated carbocycles. The Morgan fingerprint density at radius 3 is 2.46 bits per heavy atom. The second-order valence-electron chi connectivity index (χ2n) is 7.17. The number of amides is 1. The van der Waals surface area contributed by atoms with Crippen LogP contribution in [0.5, 0.6) is 0 Å². The number of hydrogen-bond acceptors (Lipinski definition) is 2. The maximum absolute atomic E-state index is 12.9. The molecule has 1 amide bonds. The van der Waals surface area contributed by atoms with E-state index in [4.69, 9.17) is 0 Å². The van der Waals surface area contributed by atoms with Crippen molar-refractivity contribution in [2.45, 2.75) is 37.6 Å². The van der Waals surface area contributed by atoms with Gasteiger partial charge in [0.2, 0.25) is 5.91 Å². The van der Waals surface area contributed by atoms with Crippen LogP contribution in [0.25, 0.3) is 0 Å². The van der Waals surface area contributed by atoms with Gasteiger partial charge < -0.3 is 4.90 Å². The Bertz CT molecular complexity index is 864. The van der Waals surface area contributed by atoms with E-state index in [1.54, 1.807) is 18.3 Å². The van der Waals surface area contributed by atoms with Crippen molar-refractivity contribution in [2.24, 2.45) is 5.92 Å². The fourth-order valence-corrected chi connectivity index (χ4v) is 4.26. The SMILES string of the molecule is CN1C(=O)[C@H](c2ccc(C#Cc3ccc(F)cc3)cn2)C2CCCCC21. The van der Waals surface area contributed by atoms with Crippen molar-refractivity contribution in [3.05, 3.63) is 65.2 Å². The predicted molar refractivity (Wildman–Crippen MR) is 97.9 cm³/mol. The standard InChI is InChI=1S/C22H21FN2O/c1-25-20-5-3-2-4-18(20)21(22(25)26)19-13-10-16(14-24-19)7-6-15-8-11-17(23)12-9-15/h8-14,18,20-21H,2-5H2,1H3/t18?,20?,21-/m0/s1. The lowest BCUT2D eigenvalue weighted by Gasteiger charge is -2.29. The average Bonchev–Trinajstić information content (AvgIpc) is 2.93. The number of pyridine rings is 1. The molecular weight excluding hydrogens is 327 g/mol. The average molecular weight is 348 g/mol. The van der Waals surface area contributed by atoms with Gasteiger partial charge >= 0.3 is 0 Å². The van der Waals surface area contributed by atoms with Crippen molar-refractivity contribution in [2.75, 3.05) is 7.05 Å². The number of fused-ring (bicyclic) bond motifs is 1. The van der Waals surface area contributed by atoms with E-state index in [0.717, 1.165) is 29.7 Å². The lowest BCUT2D eigenvalue weighted by molar-refractivity contribution is -0.128. The molecule has 2 unspecified atom stereocenters. The molecule has 2 heterocycles. The molecule has 1 aliphatic heterocycles. The number of carbonyl (C=O) groups is 1. The zero-order valence-electron chi connectivity index (χ0n) is 14.8. The van der Waals surface area contributed by atoms with Gasteiger partial charge in [0.25, 0.3) is 0 Å². The summed E-state index contributed by atoms with van der Waals surface area (Å²) < 4.78 is 12.9. The summed E-state index contributed by atoms with van der Waals surface area (Å²) in [4.78, 5) is 19.2. The van der Waals surface area contributed by atoms with Crippen LogP contribution in [0, 0.1) is 23.6 Å². The van der Waals surface area contributed by atoms with Crippen molar-refractivity contribution >= 4 is 5.91 Å². The first kappa shape index (κ1) is 16.8. The first-order valence-electron chi connectivity index (χ1n) is 9.14. The van der Waals surface area contributed by atoms with Crippen LogP contribution in [0.3, 0.4) is 0 Å². The Morgan fingerprint density at radius 1 is 1.04 bits per heavy atom. The monoisotopic (exact) mass is 348 g/mol. The summed E-state index contributed by atoms with van der Waals surface area (Å²) in [5.41, 5.74) is 2.40. The minimum Gasteiger partial charge on any atom is -0.342 e. The number of nitrogens with zero attached hydrogens (tertiary/aromatic N) is 2. The highest BCUT2D eigenvalue weighted by Gasteiger charge is 2.48. The molecule has 4 rings (SSSR count). The quantitative estimate of drug-likeness (QED) is 0.736. The molecule has 1 aromatic carbocycles. The van der Waals surface area contributed by atoms with Crippen LogP contribution in [-0.4, -0.2) is 28.9 Å². The number of likely N-dealkylation sites (tertiary alicyclic amines) is 1. The summed E-state index contributed by atoms with van der Waals surface area (Å²) in [6.07, 6.45) is 6.33. The minimum absolute atomic E-state index is 0.121. The van der Waals surface area contributed by atoms with Crippen molar-refractivity contribution in [1.29, 1.82) is 0 Å². The Labute approximate surface area is 153 Å². The van der Waals surface area contributed by atoms with Crippen LogP contribution < -0.4 is 0 Å². The van der Waals surface area contributed by atoms with E-state index in [1.807, 2.05) is 24.1 Å². The molecule has 2 aromatic rings. The number of aromatic nitrogens is 1. The van der Waals surface area contributed by atoms with Crippen LogP contribution in [0.1, 0.15) is 48.4 Å². The molecule has 1 aromatic heterocycles. The van der Waals surface area contributed by atoms with E-state index in [-0.39, 0.29) is 17.6 Å². The zero-order valence-corrected chi connectivity index (χ0v) is 14.8. The van der Waals surface area contributed by atoms with Crippen LogP contribution in [0.15, 0.2) is 42.6 Å². The second kappa shape index (κ2) is 6.92. The Morgan fingerprint density at radius 2 is 1.73 bits per heavy atom. The largest absolute Gasteiger partial charge is 0.342 e.